The third-order valence-electron chi connectivity index (χ3n) is 3.61. The molecular weight excluding hydrogens is 309 g/mol. The van der Waals surface area contributed by atoms with Gasteiger partial charge in [0.05, 0.1) is 11.0 Å². The van der Waals surface area contributed by atoms with E-state index in [1.165, 1.54) is 6.07 Å². The van der Waals surface area contributed by atoms with Crippen molar-refractivity contribution in [3.05, 3.63) is 28.8 Å². The highest BCUT2D eigenvalue weighted by molar-refractivity contribution is 7.92. The van der Waals surface area contributed by atoms with Crippen molar-refractivity contribution in [3.8, 4) is 0 Å². The lowest BCUT2D eigenvalue weighted by atomic mass is 9.99. The third kappa shape index (κ3) is 2.79. The van der Waals surface area contributed by atoms with Gasteiger partial charge in [-0.2, -0.15) is 13.2 Å². The summed E-state index contributed by atoms with van der Waals surface area (Å²) in [5.74, 6) is 0. The van der Waals surface area contributed by atoms with Crippen LogP contribution in [0.5, 0.6) is 0 Å². The van der Waals surface area contributed by atoms with Crippen molar-refractivity contribution in [2.45, 2.75) is 42.2 Å². The summed E-state index contributed by atoms with van der Waals surface area (Å²) >= 11 is 0. The van der Waals surface area contributed by atoms with E-state index < -0.39 is 26.3 Å². The van der Waals surface area contributed by atoms with Crippen LogP contribution in [-0.2, 0) is 22.7 Å². The monoisotopic (exact) mass is 324 g/mol. The van der Waals surface area contributed by atoms with E-state index in [1.807, 2.05) is 0 Å². The first kappa shape index (κ1) is 16.3. The van der Waals surface area contributed by atoms with E-state index in [1.54, 1.807) is 0 Å². The molecule has 1 aliphatic rings. The predicted octanol–water partition coefficient (Wildman–Crippen LogP) is 1.88. The summed E-state index contributed by atoms with van der Waals surface area (Å²) in [7, 11) is -5.48. The van der Waals surface area contributed by atoms with Crippen molar-refractivity contribution >= 4 is 9.84 Å². The number of halogens is 3. The minimum Gasteiger partial charge on any atom is -0.396 e. The summed E-state index contributed by atoms with van der Waals surface area (Å²) in [6, 6.07) is 2.24. The van der Waals surface area contributed by atoms with E-state index in [0.717, 1.165) is 6.07 Å². The number of hydrogen-bond acceptors (Lipinski definition) is 4. The van der Waals surface area contributed by atoms with Gasteiger partial charge in [0.1, 0.15) is 0 Å². The Morgan fingerprint density at radius 3 is 2.52 bits per heavy atom. The normalized spacial score (nSPS) is 18.8. The number of fused-ring (bicyclic) bond motifs is 1. The van der Waals surface area contributed by atoms with Gasteiger partial charge in [-0.3, -0.25) is 0 Å². The molecule has 0 saturated heterocycles. The molecule has 0 fully saturated rings. The molecule has 1 aromatic rings. The summed E-state index contributed by atoms with van der Waals surface area (Å²) in [4.78, 5) is -0.859. The molecule has 0 amide bonds. The zero-order valence-electron chi connectivity index (χ0n) is 11.0. The van der Waals surface area contributed by atoms with Crippen LogP contribution in [-0.4, -0.2) is 30.7 Å². The van der Waals surface area contributed by atoms with E-state index in [-0.39, 0.29) is 18.6 Å². The maximum atomic E-state index is 12.7. The molecule has 2 rings (SSSR count). The van der Waals surface area contributed by atoms with Crippen LogP contribution in [0.15, 0.2) is 17.0 Å². The second kappa shape index (κ2) is 5.58. The fraction of sp³-hybridized carbons (Fsp3) is 0.538. The summed E-state index contributed by atoms with van der Waals surface area (Å²) in [6.45, 7) is -0.0695. The van der Waals surface area contributed by atoms with Crippen LogP contribution in [0.4, 0.5) is 13.2 Å². The number of benzene rings is 1. The number of rotatable bonds is 4. The zero-order valence-corrected chi connectivity index (χ0v) is 11.8. The van der Waals surface area contributed by atoms with Crippen LogP contribution in [0.2, 0.25) is 0 Å². The molecular formula is C13H15F3O4S. The van der Waals surface area contributed by atoms with E-state index >= 15 is 0 Å². The highest BCUT2D eigenvalue weighted by Gasteiger charge is 2.49. The van der Waals surface area contributed by atoms with Crippen molar-refractivity contribution in [1.82, 2.24) is 0 Å². The number of aliphatic hydroxyl groups is 2. The van der Waals surface area contributed by atoms with Crippen LogP contribution in [0.3, 0.4) is 0 Å². The molecule has 0 aromatic heterocycles. The van der Waals surface area contributed by atoms with Crippen LogP contribution in [0.1, 0.15) is 35.6 Å². The summed E-state index contributed by atoms with van der Waals surface area (Å²) in [6.07, 6.45) is 0.178. The number of aryl methyl sites for hydroxylation is 1. The van der Waals surface area contributed by atoms with Gasteiger partial charge < -0.3 is 10.2 Å². The lowest BCUT2D eigenvalue weighted by Crippen LogP contribution is -2.25. The van der Waals surface area contributed by atoms with Gasteiger partial charge in [0.25, 0.3) is 9.84 Å². The van der Waals surface area contributed by atoms with Gasteiger partial charge in [0.2, 0.25) is 0 Å². The first-order chi connectivity index (χ1) is 9.70. The molecule has 8 heteroatoms. The molecule has 4 nitrogen and oxygen atoms in total. The fourth-order valence-corrected chi connectivity index (χ4v) is 3.68. The average Bonchev–Trinajstić information content (AvgIpc) is 2.77. The second-order valence-corrected chi connectivity index (χ2v) is 6.86. The Kier molecular flexibility index (Phi) is 4.32. The Bertz CT molecular complexity index is 638. The first-order valence-electron chi connectivity index (χ1n) is 6.45. The first-order valence-corrected chi connectivity index (χ1v) is 7.93. The largest absolute Gasteiger partial charge is 0.501 e. The molecule has 0 heterocycles. The number of alkyl halides is 3. The number of sulfone groups is 1. The van der Waals surface area contributed by atoms with Gasteiger partial charge in [0, 0.05) is 12.2 Å². The maximum absolute atomic E-state index is 12.7. The quantitative estimate of drug-likeness (QED) is 0.887. The molecule has 1 unspecified atom stereocenters. The summed E-state index contributed by atoms with van der Waals surface area (Å²) in [5.41, 5.74) is -4.39. The highest BCUT2D eigenvalue weighted by atomic mass is 32.2. The zero-order chi connectivity index (χ0) is 15.8. The van der Waals surface area contributed by atoms with Crippen molar-refractivity contribution in [1.29, 1.82) is 0 Å². The van der Waals surface area contributed by atoms with Crippen LogP contribution >= 0.6 is 0 Å². The van der Waals surface area contributed by atoms with Gasteiger partial charge in [-0.05, 0) is 42.9 Å². The van der Waals surface area contributed by atoms with E-state index in [2.05, 4.69) is 0 Å². The fourth-order valence-electron chi connectivity index (χ4n) is 2.64. The SMILES string of the molecule is O=S(=O)(c1ccc(CCCO)c2c1C(O)CC2)C(F)(F)F. The summed E-state index contributed by atoms with van der Waals surface area (Å²) < 4.78 is 61.4. The van der Waals surface area contributed by atoms with E-state index in [9.17, 15) is 26.7 Å². The second-order valence-electron chi connectivity index (χ2n) is 4.95. The molecule has 1 aromatic carbocycles. The lowest BCUT2D eigenvalue weighted by Gasteiger charge is -2.16. The standard InChI is InChI=1S/C13H15F3O4S/c14-13(15,16)21(19,20)11-6-3-8(2-1-7-17)9-4-5-10(18)12(9)11/h3,6,10,17-18H,1-2,4-5,7H2. The van der Waals surface area contributed by atoms with Crippen LogP contribution < -0.4 is 0 Å². The lowest BCUT2D eigenvalue weighted by molar-refractivity contribution is -0.0437. The smallest absolute Gasteiger partial charge is 0.396 e. The Morgan fingerprint density at radius 1 is 1.29 bits per heavy atom. The van der Waals surface area contributed by atoms with Crippen molar-refractivity contribution in [3.63, 3.8) is 0 Å². The molecule has 2 N–H and O–H groups in total. The summed E-state index contributed by atoms with van der Waals surface area (Å²) in [5, 5.41) is 18.7. The van der Waals surface area contributed by atoms with Crippen molar-refractivity contribution < 1.29 is 31.8 Å². The van der Waals surface area contributed by atoms with Crippen LogP contribution in [0, 0.1) is 0 Å². The van der Waals surface area contributed by atoms with Gasteiger partial charge in [-0.15, -0.1) is 0 Å². The topological polar surface area (TPSA) is 74.6 Å². The molecule has 0 saturated carbocycles. The van der Waals surface area contributed by atoms with Crippen molar-refractivity contribution in [2.24, 2.45) is 0 Å². The molecule has 21 heavy (non-hydrogen) atoms. The maximum Gasteiger partial charge on any atom is 0.501 e. The van der Waals surface area contributed by atoms with E-state index in [4.69, 9.17) is 5.11 Å². The number of hydrogen-bond donors (Lipinski definition) is 2. The molecule has 1 aliphatic carbocycles. The Morgan fingerprint density at radius 2 is 1.95 bits per heavy atom. The Balaban J connectivity index is 2.59. The molecule has 0 spiro atoms. The van der Waals surface area contributed by atoms with Gasteiger partial charge in [-0.25, -0.2) is 8.42 Å². The Labute approximate surface area is 120 Å². The van der Waals surface area contributed by atoms with Crippen molar-refractivity contribution in [2.75, 3.05) is 6.61 Å². The van der Waals surface area contributed by atoms with Gasteiger partial charge in [0.15, 0.2) is 0 Å². The molecule has 0 aliphatic heterocycles. The highest BCUT2D eigenvalue weighted by Crippen LogP contribution is 2.42. The molecule has 0 radical (unpaired) electrons. The minimum atomic E-state index is -5.48. The molecule has 118 valence electrons. The molecule has 1 atom stereocenters. The van der Waals surface area contributed by atoms with Crippen LogP contribution in [0.25, 0.3) is 0 Å². The van der Waals surface area contributed by atoms with E-state index in [0.29, 0.717) is 30.4 Å². The number of aliphatic hydroxyl groups excluding tert-OH is 2. The van der Waals surface area contributed by atoms with Gasteiger partial charge in [-0.1, -0.05) is 6.07 Å². The third-order valence-corrected chi connectivity index (χ3v) is 5.16. The average molecular weight is 324 g/mol. The predicted molar refractivity (Wildman–Crippen MR) is 68.4 cm³/mol. The minimum absolute atomic E-state index is 0.0695. The molecule has 0 bridgehead atoms. The Hall–Kier alpha value is -1.12. The van der Waals surface area contributed by atoms with Gasteiger partial charge >= 0.3 is 5.51 Å².